The van der Waals surface area contributed by atoms with E-state index in [2.05, 4.69) is 37.6 Å². The van der Waals surface area contributed by atoms with Crippen molar-refractivity contribution in [1.82, 2.24) is 31.9 Å². The first kappa shape index (κ1) is 46.0. The molecule has 0 aromatic carbocycles. The number of aliphatic carboxylic acids is 1. The molecule has 0 fully saturated rings. The Kier molecular flexibility index (Phi) is 22.3. The number of amides is 6. The van der Waals surface area contributed by atoms with Gasteiger partial charge in [-0.1, -0.05) is 0 Å². The van der Waals surface area contributed by atoms with E-state index in [-0.39, 0.29) is 25.7 Å². The summed E-state index contributed by atoms with van der Waals surface area (Å²) < 4.78 is 0. The minimum atomic E-state index is -1.73. The van der Waals surface area contributed by atoms with E-state index < -0.39 is 96.2 Å². The summed E-state index contributed by atoms with van der Waals surface area (Å²) in [7, 11) is 1.85. The predicted octanol–water partition coefficient (Wildman–Crippen LogP) is -7.91. The Morgan fingerprint density at radius 1 is 0.680 bits per heavy atom. The van der Waals surface area contributed by atoms with Crippen LogP contribution in [0.3, 0.4) is 0 Å². The van der Waals surface area contributed by atoms with Gasteiger partial charge in [-0.3, -0.25) is 34.1 Å². The number of rotatable bonds is 26. The molecule has 6 amide bonds. The molecule has 0 saturated heterocycles. The normalized spacial score (nSPS) is 16.0. The average Bonchev–Trinajstić information content (AvgIpc) is 3.01. The van der Waals surface area contributed by atoms with Crippen LogP contribution < -0.4 is 60.2 Å². The van der Waals surface area contributed by atoms with Crippen LogP contribution in [0.5, 0.6) is 0 Å². The van der Waals surface area contributed by atoms with E-state index in [0.717, 1.165) is 6.92 Å². The number of unbranched alkanes of at least 4 members (excludes halogenated alkanes) is 1. The van der Waals surface area contributed by atoms with Crippen LogP contribution in [-0.4, -0.2) is 132 Å². The lowest BCUT2D eigenvalue weighted by Crippen LogP contribution is -2.79. The molecule has 0 bridgehead atoms. The Balaban J connectivity index is 6.15. The van der Waals surface area contributed by atoms with Gasteiger partial charge >= 0.3 is 5.97 Å². The molecule has 0 heterocycles. The molecule has 21 heteroatoms. The zero-order valence-electron chi connectivity index (χ0n) is 29.3. The summed E-state index contributed by atoms with van der Waals surface area (Å²) in [4.78, 5) is 88.8. The SMILES string of the molecule is C[NH2+]CCCC[C@H](NC(=O)[C@@H](NC(=O)[C@H](CCCNC(N)N)NC(=O)[C@H](C)[NH3+])[C@@H](C)O)C(=O)N[C@@H](CCC(N)=O)C(=O)N[C@H](C(=O)O)[C@@H](C)O. The van der Waals surface area contributed by atoms with Gasteiger partial charge in [0.2, 0.25) is 29.5 Å². The Morgan fingerprint density at radius 3 is 1.60 bits per heavy atom. The highest BCUT2D eigenvalue weighted by Gasteiger charge is 2.35. The number of hydrogen-bond acceptors (Lipinski definition) is 12. The summed E-state index contributed by atoms with van der Waals surface area (Å²) in [6.45, 7) is 4.90. The number of carbonyl (C=O) groups is 7. The van der Waals surface area contributed by atoms with Crippen molar-refractivity contribution in [2.24, 2.45) is 17.2 Å². The standard InChI is InChI=1S/C29H57N11O10/c1-14(30)23(44)36-18(9-7-13-35-29(32)33)25(46)39-21(15(2)41)27(48)38-17(8-5-6-12-34-4)24(45)37-19(10-11-20(31)43)26(47)40-22(16(3)42)28(49)50/h14-19,21-22,29,34-35,41-42H,5-13,30,32-33H2,1-4H3,(H2,31,43)(H,36,44)(H,37,45)(H,38,48)(H,39,46)(H,40,47)(H,49,50)/p+2/t14-,15+,16+,17-,18-,19-,21-,22-/m0/s1. The van der Waals surface area contributed by atoms with E-state index in [1.807, 2.05) is 12.4 Å². The monoisotopic (exact) mass is 721 g/mol. The molecule has 0 radical (unpaired) electrons. The molecule has 0 rings (SSSR count). The average molecular weight is 722 g/mol. The first-order valence-electron chi connectivity index (χ1n) is 16.6. The second-order valence-corrected chi connectivity index (χ2v) is 12.2. The van der Waals surface area contributed by atoms with Crippen LogP contribution in [0, 0.1) is 0 Å². The van der Waals surface area contributed by atoms with Crippen molar-refractivity contribution in [3.63, 3.8) is 0 Å². The highest BCUT2D eigenvalue weighted by atomic mass is 16.4. The smallest absolute Gasteiger partial charge is 0.328 e. The van der Waals surface area contributed by atoms with Crippen molar-refractivity contribution in [3.8, 4) is 0 Å². The van der Waals surface area contributed by atoms with E-state index in [1.54, 1.807) is 0 Å². The van der Waals surface area contributed by atoms with Gasteiger partial charge in [0.1, 0.15) is 30.5 Å². The zero-order chi connectivity index (χ0) is 38.6. The van der Waals surface area contributed by atoms with E-state index in [0.29, 0.717) is 32.4 Å². The van der Waals surface area contributed by atoms with E-state index >= 15 is 0 Å². The number of hydrogen-bond donors (Lipinski definition) is 14. The highest BCUT2D eigenvalue weighted by molar-refractivity contribution is 5.96. The van der Waals surface area contributed by atoms with E-state index in [4.69, 9.17) is 17.2 Å². The molecule has 0 aliphatic heterocycles. The molecule has 50 heavy (non-hydrogen) atoms. The minimum absolute atomic E-state index is 0.0534. The van der Waals surface area contributed by atoms with Gasteiger partial charge in [-0.15, -0.1) is 0 Å². The number of carboxylic acid groups (broad SMARTS) is 1. The summed E-state index contributed by atoms with van der Waals surface area (Å²) >= 11 is 0. The van der Waals surface area contributed by atoms with Crippen LogP contribution >= 0.6 is 0 Å². The maximum atomic E-state index is 13.5. The molecular formula is C29H59N11O10+2. The summed E-state index contributed by atoms with van der Waals surface area (Å²) in [6, 6.07) is -7.98. The molecule has 20 N–H and O–H groups in total. The van der Waals surface area contributed by atoms with Crippen LogP contribution in [0.2, 0.25) is 0 Å². The maximum Gasteiger partial charge on any atom is 0.328 e. The van der Waals surface area contributed by atoms with Gasteiger partial charge in [0.15, 0.2) is 12.1 Å². The number of carbonyl (C=O) groups excluding carboxylic acids is 6. The number of quaternary nitrogens is 2. The Hall–Kier alpha value is -3.99. The summed E-state index contributed by atoms with van der Waals surface area (Å²) in [5, 5.41) is 46.3. The third-order valence-electron chi connectivity index (χ3n) is 7.42. The van der Waals surface area contributed by atoms with Gasteiger partial charge in [0.05, 0.1) is 25.8 Å². The molecule has 0 saturated carbocycles. The first-order valence-corrected chi connectivity index (χ1v) is 16.6. The van der Waals surface area contributed by atoms with Crippen molar-refractivity contribution in [2.75, 3.05) is 20.1 Å². The van der Waals surface area contributed by atoms with Crippen LogP contribution in [0.4, 0.5) is 0 Å². The predicted molar refractivity (Wildman–Crippen MR) is 177 cm³/mol. The number of nitrogens with two attached hydrogens (primary N) is 4. The molecule has 0 aliphatic carbocycles. The van der Waals surface area contributed by atoms with Crippen LogP contribution in [-0.2, 0) is 33.6 Å². The van der Waals surface area contributed by atoms with Crippen molar-refractivity contribution in [2.45, 2.75) is 120 Å². The topological polar surface area (TPSA) is 375 Å². The second kappa shape index (κ2) is 24.2. The van der Waals surface area contributed by atoms with Crippen molar-refractivity contribution >= 4 is 41.4 Å². The third kappa shape index (κ3) is 18.7. The maximum absolute atomic E-state index is 13.5. The lowest BCUT2D eigenvalue weighted by atomic mass is 10.0. The van der Waals surface area contributed by atoms with E-state index in [1.165, 1.54) is 13.8 Å². The van der Waals surface area contributed by atoms with Gasteiger partial charge in [-0.05, 0) is 65.8 Å². The summed E-state index contributed by atoms with van der Waals surface area (Å²) in [6.07, 6.45) is -2.93. The molecule has 0 unspecified atom stereocenters. The van der Waals surface area contributed by atoms with Gasteiger partial charge < -0.3 is 70.2 Å². The molecule has 21 nitrogen and oxygen atoms in total. The molecule has 0 aromatic heterocycles. The quantitative estimate of drug-likeness (QED) is 0.0292. The molecule has 288 valence electrons. The zero-order valence-corrected chi connectivity index (χ0v) is 29.3. The summed E-state index contributed by atoms with van der Waals surface area (Å²) in [5.41, 5.74) is 19.8. The van der Waals surface area contributed by atoms with Crippen molar-refractivity contribution in [1.29, 1.82) is 0 Å². The van der Waals surface area contributed by atoms with Crippen LogP contribution in [0.25, 0.3) is 0 Å². The van der Waals surface area contributed by atoms with Gasteiger partial charge in [-0.2, -0.15) is 0 Å². The lowest BCUT2D eigenvalue weighted by Gasteiger charge is -2.28. The Bertz CT molecular complexity index is 1120. The number of primary amides is 1. The highest BCUT2D eigenvalue weighted by Crippen LogP contribution is 2.08. The molecule has 0 spiro atoms. The minimum Gasteiger partial charge on any atom is -0.480 e. The van der Waals surface area contributed by atoms with E-state index in [9.17, 15) is 48.9 Å². The number of carboxylic acids is 1. The van der Waals surface area contributed by atoms with Gasteiger partial charge in [0, 0.05) is 6.42 Å². The number of aliphatic hydroxyl groups excluding tert-OH is 2. The fourth-order valence-electron chi connectivity index (χ4n) is 4.51. The largest absolute Gasteiger partial charge is 0.480 e. The first-order chi connectivity index (χ1) is 23.3. The van der Waals surface area contributed by atoms with Gasteiger partial charge in [0.25, 0.3) is 5.91 Å². The fraction of sp³-hybridized carbons (Fsp3) is 0.759. The lowest BCUT2D eigenvalue weighted by molar-refractivity contribution is -0.627. The Morgan fingerprint density at radius 2 is 1.14 bits per heavy atom. The Labute approximate surface area is 291 Å². The molecule has 0 aliphatic rings. The molecule has 0 aromatic rings. The van der Waals surface area contributed by atoms with Crippen LogP contribution in [0.1, 0.15) is 65.7 Å². The third-order valence-corrected chi connectivity index (χ3v) is 7.42. The van der Waals surface area contributed by atoms with Crippen LogP contribution in [0.15, 0.2) is 0 Å². The molecular weight excluding hydrogens is 662 g/mol. The summed E-state index contributed by atoms with van der Waals surface area (Å²) in [5.74, 6) is -6.56. The second-order valence-electron chi connectivity index (χ2n) is 12.2. The number of aliphatic hydroxyl groups is 2. The van der Waals surface area contributed by atoms with Gasteiger partial charge in [-0.25, -0.2) is 4.79 Å². The number of nitrogens with one attached hydrogen (secondary N) is 6. The molecule has 8 atom stereocenters. The van der Waals surface area contributed by atoms with Crippen molar-refractivity contribution in [3.05, 3.63) is 0 Å². The fourth-order valence-corrected chi connectivity index (χ4v) is 4.51. The van der Waals surface area contributed by atoms with Crippen molar-refractivity contribution < 1.29 is 59.9 Å².